The van der Waals surface area contributed by atoms with Gasteiger partial charge in [-0.1, -0.05) is 74.6 Å². The van der Waals surface area contributed by atoms with Crippen LogP contribution in [-0.2, 0) is 25.6 Å². The van der Waals surface area contributed by atoms with Crippen molar-refractivity contribution in [3.8, 4) is 6.07 Å². The van der Waals surface area contributed by atoms with Crippen LogP contribution >= 0.6 is 0 Å². The zero-order valence-electron chi connectivity index (χ0n) is 29.8. The number of amides is 5. The summed E-state index contributed by atoms with van der Waals surface area (Å²) >= 11 is 0. The zero-order valence-corrected chi connectivity index (χ0v) is 29.8. The Bertz CT molecular complexity index is 1840. The van der Waals surface area contributed by atoms with E-state index >= 15 is 0 Å². The molecule has 5 amide bonds. The number of hydrogen-bond donors (Lipinski definition) is 8. The summed E-state index contributed by atoms with van der Waals surface area (Å²) in [7, 11) is 0. The minimum absolute atomic E-state index is 0.111. The van der Waals surface area contributed by atoms with Crippen LogP contribution in [0, 0.1) is 17.2 Å². The second-order valence-corrected chi connectivity index (χ2v) is 13.0. The number of carbonyl (C=O) groups is 5. The van der Waals surface area contributed by atoms with Crippen molar-refractivity contribution < 1.29 is 24.0 Å². The molecule has 0 radical (unpaired) electrons. The molecule has 3 aromatic rings. The third-order valence-electron chi connectivity index (χ3n) is 8.84. The van der Waals surface area contributed by atoms with Crippen LogP contribution in [-0.4, -0.2) is 75.3 Å². The third kappa shape index (κ3) is 13.2. The first-order chi connectivity index (χ1) is 26.0. The lowest BCUT2D eigenvalue weighted by Crippen LogP contribution is -2.57. The molecular weight excluding hydrogens is 692 g/mol. The first-order valence-electron chi connectivity index (χ1n) is 17.7. The van der Waals surface area contributed by atoms with Crippen molar-refractivity contribution in [2.75, 3.05) is 11.9 Å². The molecule has 0 bridgehead atoms. The highest BCUT2D eigenvalue weighted by molar-refractivity contribution is 6.01. The molecule has 2 aromatic carbocycles. The molecule has 284 valence electrons. The molecule has 4 rings (SSSR count). The number of aromatic amines is 1. The highest BCUT2D eigenvalue weighted by Crippen LogP contribution is 2.27. The Morgan fingerprint density at radius 3 is 2.26 bits per heavy atom. The highest BCUT2D eigenvalue weighted by atomic mass is 16.2. The van der Waals surface area contributed by atoms with E-state index in [2.05, 4.69) is 41.4 Å². The predicted molar refractivity (Wildman–Crippen MR) is 201 cm³/mol. The van der Waals surface area contributed by atoms with Gasteiger partial charge in [0.15, 0.2) is 5.96 Å². The normalized spacial score (nSPS) is 14.5. The number of rotatable bonds is 18. The van der Waals surface area contributed by atoms with Crippen molar-refractivity contribution in [2.24, 2.45) is 28.1 Å². The number of anilines is 1. The van der Waals surface area contributed by atoms with E-state index in [0.717, 1.165) is 37.7 Å². The quantitative estimate of drug-likeness (QED) is 0.0399. The summed E-state index contributed by atoms with van der Waals surface area (Å²) in [4.78, 5) is 73.8. The molecule has 0 aliphatic heterocycles. The van der Waals surface area contributed by atoms with E-state index in [-0.39, 0.29) is 43.0 Å². The molecule has 1 heterocycles. The number of aliphatic imine (C=N–C) groups is 1. The molecule has 17 nitrogen and oxygen atoms in total. The Morgan fingerprint density at radius 1 is 0.907 bits per heavy atom. The highest BCUT2D eigenvalue weighted by Gasteiger charge is 2.32. The molecule has 1 saturated carbocycles. The van der Waals surface area contributed by atoms with Crippen LogP contribution in [0.25, 0.3) is 6.08 Å². The molecule has 1 aliphatic carbocycles. The van der Waals surface area contributed by atoms with E-state index in [4.69, 9.17) is 22.5 Å². The van der Waals surface area contributed by atoms with Gasteiger partial charge < -0.3 is 33.2 Å². The van der Waals surface area contributed by atoms with E-state index in [1.807, 2.05) is 12.1 Å². The summed E-state index contributed by atoms with van der Waals surface area (Å²) in [5.41, 5.74) is 18.5. The Labute approximate surface area is 312 Å². The molecule has 3 atom stereocenters. The molecular formula is C37H46N12O5. The largest absolute Gasteiger partial charge is 0.370 e. The van der Waals surface area contributed by atoms with Gasteiger partial charge in [-0.25, -0.2) is 0 Å². The number of primary amides is 1. The maximum Gasteiger partial charge on any atom is 0.289 e. The Morgan fingerprint density at radius 2 is 1.59 bits per heavy atom. The summed E-state index contributed by atoms with van der Waals surface area (Å²) in [6.07, 6.45) is 8.46. The topological polar surface area (TPSA) is 289 Å². The summed E-state index contributed by atoms with van der Waals surface area (Å²) in [6.45, 7) is 0.184. The van der Waals surface area contributed by atoms with E-state index in [1.165, 1.54) is 12.2 Å². The standard InChI is InChI=1S/C37H46N12O5/c38-22-26-15-13-23(14-16-26)17-18-30(50)46-37-47-32(48-49-37)35(54)45-29(21-25-10-5-2-6-11-25)34(53)43-27(12-7-19-42-36(40)41)33(52)44-28(31(39)51)20-24-8-3-1-4-9-24/h1,3-4,8-9,13-18,25,27-29H,2,5-7,10-12,19-21H2,(H2,39,51)(H,43,53)(H,44,52)(H,45,54)(H4,40,41,42)(H2,46,47,48,49,50)/b18-17+/t27-,28-,29-/m0/s1. The van der Waals surface area contributed by atoms with Gasteiger partial charge in [0.05, 0.1) is 11.6 Å². The molecule has 54 heavy (non-hydrogen) atoms. The second kappa shape index (κ2) is 20.5. The van der Waals surface area contributed by atoms with Crippen LogP contribution in [0.3, 0.4) is 0 Å². The van der Waals surface area contributed by atoms with Crippen LogP contribution in [0.4, 0.5) is 5.95 Å². The average Bonchev–Trinajstić information content (AvgIpc) is 3.64. The molecule has 11 N–H and O–H groups in total. The first-order valence-corrected chi connectivity index (χ1v) is 17.7. The lowest BCUT2D eigenvalue weighted by atomic mass is 9.84. The lowest BCUT2D eigenvalue weighted by molar-refractivity contribution is -0.132. The van der Waals surface area contributed by atoms with Gasteiger partial charge in [-0.05, 0) is 54.5 Å². The predicted octanol–water partition coefficient (Wildman–Crippen LogP) is 1.15. The van der Waals surface area contributed by atoms with Gasteiger partial charge in [0.1, 0.15) is 18.1 Å². The number of H-pyrrole nitrogens is 1. The third-order valence-corrected chi connectivity index (χ3v) is 8.84. The van der Waals surface area contributed by atoms with Crippen molar-refractivity contribution >= 4 is 47.5 Å². The van der Waals surface area contributed by atoms with Crippen molar-refractivity contribution in [1.82, 2.24) is 31.1 Å². The van der Waals surface area contributed by atoms with E-state index in [1.54, 1.807) is 48.5 Å². The number of aromatic nitrogens is 3. The van der Waals surface area contributed by atoms with Crippen molar-refractivity contribution in [3.05, 3.63) is 83.2 Å². The fraction of sp³-hybridized carbons (Fsp3) is 0.378. The van der Waals surface area contributed by atoms with Gasteiger partial charge in [0.2, 0.25) is 29.5 Å². The number of nitrogens with zero attached hydrogens (tertiary/aromatic N) is 4. The molecule has 17 heteroatoms. The summed E-state index contributed by atoms with van der Waals surface area (Å²) in [5.74, 6) is -3.72. The molecule has 0 spiro atoms. The van der Waals surface area contributed by atoms with E-state index in [9.17, 15) is 24.0 Å². The minimum Gasteiger partial charge on any atom is -0.370 e. The average molecular weight is 739 g/mol. The summed E-state index contributed by atoms with van der Waals surface area (Å²) < 4.78 is 0. The SMILES string of the molecule is N#Cc1ccc(/C=C/C(=O)Nc2n[nH]c(C(=O)N[C@@H](CC3CCCCC3)C(=O)N[C@@H](CCCN=C(N)N)C(=O)N[C@@H](Cc3ccccc3)C(N)=O)n2)cc1. The van der Waals surface area contributed by atoms with E-state index in [0.29, 0.717) is 24.0 Å². The van der Waals surface area contributed by atoms with Crippen LogP contribution < -0.4 is 38.5 Å². The maximum atomic E-state index is 13.9. The number of nitrogens with one attached hydrogen (secondary N) is 5. The first kappa shape index (κ1) is 40.2. The molecule has 1 aliphatic rings. The van der Waals surface area contributed by atoms with Crippen LogP contribution in [0.2, 0.25) is 0 Å². The second-order valence-electron chi connectivity index (χ2n) is 13.0. The number of guanidine groups is 1. The van der Waals surface area contributed by atoms with Gasteiger partial charge in [0.25, 0.3) is 11.8 Å². The lowest BCUT2D eigenvalue weighted by Gasteiger charge is -2.28. The van der Waals surface area contributed by atoms with Gasteiger partial charge in [0, 0.05) is 19.0 Å². The van der Waals surface area contributed by atoms with Gasteiger partial charge in [-0.2, -0.15) is 10.2 Å². The summed E-state index contributed by atoms with van der Waals surface area (Å²) in [6, 6.07) is 14.4. The molecule has 1 fully saturated rings. The maximum absolute atomic E-state index is 13.9. The number of nitriles is 1. The smallest absolute Gasteiger partial charge is 0.289 e. The van der Waals surface area contributed by atoms with Crippen LogP contribution in [0.5, 0.6) is 0 Å². The van der Waals surface area contributed by atoms with Crippen molar-refractivity contribution in [1.29, 1.82) is 5.26 Å². The Balaban J connectivity index is 1.46. The minimum atomic E-state index is -1.13. The monoisotopic (exact) mass is 738 g/mol. The zero-order chi connectivity index (χ0) is 38.9. The fourth-order valence-corrected chi connectivity index (χ4v) is 6.02. The summed E-state index contributed by atoms with van der Waals surface area (Å²) in [5, 5.41) is 26.0. The van der Waals surface area contributed by atoms with Crippen LogP contribution in [0.1, 0.15) is 78.7 Å². The number of carbonyl (C=O) groups excluding carboxylic acids is 5. The molecule has 0 saturated heterocycles. The Kier molecular flexibility index (Phi) is 15.2. The Hall–Kier alpha value is -6.57. The van der Waals surface area contributed by atoms with Gasteiger partial charge in [-0.15, -0.1) is 5.10 Å². The number of benzene rings is 2. The van der Waals surface area contributed by atoms with Crippen molar-refractivity contribution in [2.45, 2.75) is 75.9 Å². The van der Waals surface area contributed by atoms with Crippen molar-refractivity contribution in [3.63, 3.8) is 0 Å². The van der Waals surface area contributed by atoms with Gasteiger partial charge >= 0.3 is 0 Å². The van der Waals surface area contributed by atoms with Crippen LogP contribution in [0.15, 0.2) is 65.7 Å². The fourth-order valence-electron chi connectivity index (χ4n) is 6.02. The number of nitrogens with two attached hydrogens (primary N) is 3. The van der Waals surface area contributed by atoms with E-state index < -0.39 is 47.7 Å². The number of hydrogen-bond acceptors (Lipinski definition) is 9. The van der Waals surface area contributed by atoms with Gasteiger partial charge in [-0.3, -0.25) is 39.4 Å². The molecule has 0 unspecified atom stereocenters. The molecule has 1 aromatic heterocycles.